The molecule has 0 aliphatic heterocycles. The minimum Gasteiger partial charge on any atom is -0.363 e. The van der Waals surface area contributed by atoms with E-state index >= 15 is 0 Å². The van der Waals surface area contributed by atoms with Crippen LogP contribution in [0.3, 0.4) is 0 Å². The van der Waals surface area contributed by atoms with Crippen LogP contribution in [-0.2, 0) is 10.3 Å². The summed E-state index contributed by atoms with van der Waals surface area (Å²) in [6, 6.07) is 3.82. The molecular weight excluding hydrogens is 188 g/mol. The first-order valence-electron chi connectivity index (χ1n) is 4.07. The number of amides is 1. The highest BCUT2D eigenvalue weighted by molar-refractivity contribution is 6.27. The van der Waals surface area contributed by atoms with Crippen LogP contribution >= 0.6 is 11.6 Å². The minimum absolute atomic E-state index is 0.00978. The van der Waals surface area contributed by atoms with Crippen LogP contribution < -0.4 is 5.32 Å². The lowest BCUT2D eigenvalue weighted by molar-refractivity contribution is -0.120. The summed E-state index contributed by atoms with van der Waals surface area (Å²) in [5.74, 6) is -0.175. The number of carbonyl (C=O) groups excluding carboxylic acids is 1. The van der Waals surface area contributed by atoms with E-state index in [4.69, 9.17) is 11.6 Å². The van der Waals surface area contributed by atoms with Crippen LogP contribution in [0.5, 0.6) is 0 Å². The number of carbonyl (C=O) groups is 1. The van der Waals surface area contributed by atoms with Gasteiger partial charge in [-0.05, 0) is 26.0 Å². The first-order chi connectivity index (χ1) is 6.06. The van der Waals surface area contributed by atoms with Gasteiger partial charge in [0.05, 0.1) is 5.54 Å². The maximum atomic E-state index is 11.1. The molecule has 4 heteroatoms. The Hall–Kier alpha value is -0.960. The number of aromatic amines is 1. The molecule has 0 unspecified atom stereocenters. The van der Waals surface area contributed by atoms with Gasteiger partial charge in [-0.15, -0.1) is 11.6 Å². The van der Waals surface area contributed by atoms with Crippen molar-refractivity contribution in [3.8, 4) is 0 Å². The minimum atomic E-state index is -0.393. The predicted octanol–water partition coefficient (Wildman–Crippen LogP) is 1.60. The highest BCUT2D eigenvalue weighted by atomic mass is 35.5. The van der Waals surface area contributed by atoms with Gasteiger partial charge in [0, 0.05) is 11.9 Å². The largest absolute Gasteiger partial charge is 0.363 e. The lowest BCUT2D eigenvalue weighted by Gasteiger charge is -2.24. The molecule has 2 N–H and O–H groups in total. The zero-order valence-corrected chi connectivity index (χ0v) is 8.48. The van der Waals surface area contributed by atoms with Crippen molar-refractivity contribution in [2.45, 2.75) is 19.4 Å². The molecule has 0 saturated heterocycles. The highest BCUT2D eigenvalue weighted by Crippen LogP contribution is 2.17. The summed E-state index contributed by atoms with van der Waals surface area (Å²) in [6.07, 6.45) is 1.82. The molecule has 1 rings (SSSR count). The van der Waals surface area contributed by atoms with Crippen molar-refractivity contribution in [1.82, 2.24) is 10.3 Å². The van der Waals surface area contributed by atoms with Crippen LogP contribution in [-0.4, -0.2) is 16.8 Å². The Balaban J connectivity index is 2.72. The zero-order valence-electron chi connectivity index (χ0n) is 7.73. The molecule has 0 radical (unpaired) electrons. The second-order valence-electron chi connectivity index (χ2n) is 3.39. The summed E-state index contributed by atoms with van der Waals surface area (Å²) in [7, 11) is 0. The maximum absolute atomic E-state index is 11.1. The molecule has 1 amide bonds. The third-order valence-corrected chi connectivity index (χ3v) is 2.09. The fourth-order valence-corrected chi connectivity index (χ4v) is 1.24. The first-order valence-corrected chi connectivity index (χ1v) is 4.60. The SMILES string of the molecule is CC(C)(NC(=O)CCl)c1ccc[nH]1. The van der Waals surface area contributed by atoms with Gasteiger partial charge in [0.2, 0.25) is 5.91 Å². The molecule has 72 valence electrons. The first kappa shape index (κ1) is 10.1. The highest BCUT2D eigenvalue weighted by Gasteiger charge is 2.22. The summed E-state index contributed by atoms with van der Waals surface area (Å²) >= 11 is 5.40. The van der Waals surface area contributed by atoms with Crippen LogP contribution in [0, 0.1) is 0 Å². The lowest BCUT2D eigenvalue weighted by Crippen LogP contribution is -2.41. The Morgan fingerprint density at radius 1 is 1.69 bits per heavy atom. The summed E-state index contributed by atoms with van der Waals surface area (Å²) in [5, 5.41) is 2.81. The van der Waals surface area contributed by atoms with Crippen molar-refractivity contribution in [3.05, 3.63) is 24.0 Å². The summed E-state index contributed by atoms with van der Waals surface area (Å²) in [5.41, 5.74) is 0.570. The van der Waals surface area contributed by atoms with E-state index in [1.165, 1.54) is 0 Å². The van der Waals surface area contributed by atoms with Gasteiger partial charge in [-0.1, -0.05) is 0 Å². The number of H-pyrrole nitrogens is 1. The average Bonchev–Trinajstić information content (AvgIpc) is 2.55. The van der Waals surface area contributed by atoms with Crippen molar-refractivity contribution in [3.63, 3.8) is 0 Å². The van der Waals surface area contributed by atoms with Gasteiger partial charge < -0.3 is 10.3 Å². The predicted molar refractivity (Wildman–Crippen MR) is 52.7 cm³/mol. The van der Waals surface area contributed by atoms with E-state index in [-0.39, 0.29) is 11.8 Å². The number of aromatic nitrogens is 1. The number of halogens is 1. The van der Waals surface area contributed by atoms with Gasteiger partial charge >= 0.3 is 0 Å². The molecule has 0 aromatic carbocycles. The number of alkyl halides is 1. The molecule has 0 atom stereocenters. The summed E-state index contributed by atoms with van der Waals surface area (Å²) < 4.78 is 0. The van der Waals surface area contributed by atoms with Gasteiger partial charge in [0.1, 0.15) is 5.88 Å². The fraction of sp³-hybridized carbons (Fsp3) is 0.444. The standard InChI is InChI=1S/C9H13ClN2O/c1-9(2,12-8(13)6-10)7-4-3-5-11-7/h3-5,11H,6H2,1-2H3,(H,12,13). The van der Waals surface area contributed by atoms with Crippen LogP contribution in [0.25, 0.3) is 0 Å². The van der Waals surface area contributed by atoms with E-state index in [0.29, 0.717) is 0 Å². The van der Waals surface area contributed by atoms with Crippen LogP contribution in [0.4, 0.5) is 0 Å². The van der Waals surface area contributed by atoms with Crippen LogP contribution in [0.2, 0.25) is 0 Å². The second kappa shape index (κ2) is 3.83. The molecule has 1 aromatic heterocycles. The Kier molecular flexibility index (Phi) is 2.98. The normalized spacial score (nSPS) is 11.3. The van der Waals surface area contributed by atoms with Crippen molar-refractivity contribution in [1.29, 1.82) is 0 Å². The molecule has 0 aliphatic carbocycles. The van der Waals surface area contributed by atoms with Crippen molar-refractivity contribution >= 4 is 17.5 Å². The summed E-state index contributed by atoms with van der Waals surface area (Å²) in [6.45, 7) is 3.84. The fourth-order valence-electron chi connectivity index (χ4n) is 1.17. The maximum Gasteiger partial charge on any atom is 0.235 e. The molecule has 13 heavy (non-hydrogen) atoms. The number of nitrogens with one attached hydrogen (secondary N) is 2. The Bertz CT molecular complexity index is 280. The molecule has 0 spiro atoms. The van der Waals surface area contributed by atoms with Crippen molar-refractivity contribution in [2.24, 2.45) is 0 Å². The van der Waals surface area contributed by atoms with E-state index < -0.39 is 5.54 Å². The number of rotatable bonds is 3. The molecule has 0 fully saturated rings. The molecule has 1 aromatic rings. The third kappa shape index (κ3) is 2.49. The van der Waals surface area contributed by atoms with Gasteiger partial charge in [0.15, 0.2) is 0 Å². The smallest absolute Gasteiger partial charge is 0.235 e. The van der Waals surface area contributed by atoms with E-state index in [0.717, 1.165) is 5.69 Å². The van der Waals surface area contributed by atoms with Crippen molar-refractivity contribution < 1.29 is 4.79 Å². The topological polar surface area (TPSA) is 44.9 Å². The average molecular weight is 201 g/mol. The van der Waals surface area contributed by atoms with Crippen molar-refractivity contribution in [2.75, 3.05) is 5.88 Å². The molecule has 0 bridgehead atoms. The molecule has 1 heterocycles. The van der Waals surface area contributed by atoms with Crippen LogP contribution in [0.15, 0.2) is 18.3 Å². The monoisotopic (exact) mass is 200 g/mol. The molecule has 3 nitrogen and oxygen atoms in total. The number of hydrogen-bond donors (Lipinski definition) is 2. The molecule has 0 saturated carbocycles. The lowest BCUT2D eigenvalue weighted by atomic mass is 10.0. The number of hydrogen-bond acceptors (Lipinski definition) is 1. The Morgan fingerprint density at radius 3 is 2.85 bits per heavy atom. The van der Waals surface area contributed by atoms with E-state index in [2.05, 4.69) is 10.3 Å². The van der Waals surface area contributed by atoms with E-state index in [1.54, 1.807) is 0 Å². The molecular formula is C9H13ClN2O. The third-order valence-electron chi connectivity index (χ3n) is 1.84. The van der Waals surface area contributed by atoms with Gasteiger partial charge in [-0.25, -0.2) is 0 Å². The Morgan fingerprint density at radius 2 is 2.38 bits per heavy atom. The van der Waals surface area contributed by atoms with Gasteiger partial charge in [0.25, 0.3) is 0 Å². The zero-order chi connectivity index (χ0) is 9.90. The van der Waals surface area contributed by atoms with Gasteiger partial charge in [-0.2, -0.15) is 0 Å². The second-order valence-corrected chi connectivity index (χ2v) is 3.66. The van der Waals surface area contributed by atoms with Gasteiger partial charge in [-0.3, -0.25) is 4.79 Å². The van der Waals surface area contributed by atoms with E-state index in [1.807, 2.05) is 32.2 Å². The van der Waals surface area contributed by atoms with Crippen LogP contribution in [0.1, 0.15) is 19.5 Å². The quantitative estimate of drug-likeness (QED) is 0.716. The summed E-state index contributed by atoms with van der Waals surface area (Å²) in [4.78, 5) is 14.1. The molecule has 0 aliphatic rings. The Labute approximate surface area is 82.5 Å². The van der Waals surface area contributed by atoms with E-state index in [9.17, 15) is 4.79 Å².